The molecule has 1 aliphatic rings. The molecule has 2 aromatic rings. The summed E-state index contributed by atoms with van der Waals surface area (Å²) in [5.74, 6) is -1.86. The number of unbranched alkanes of at least 4 members (excludes halogenated alkanes) is 1. The lowest BCUT2D eigenvalue weighted by Gasteiger charge is -2.25. The normalized spacial score (nSPS) is 14.9. The maximum absolute atomic E-state index is 12.9. The number of carboxylic acid groups (broad SMARTS) is 1. The highest BCUT2D eigenvalue weighted by Gasteiger charge is 2.32. The highest BCUT2D eigenvalue weighted by molar-refractivity contribution is 5.89. The second kappa shape index (κ2) is 11.7. The topological polar surface area (TPSA) is 105 Å². The Balaban J connectivity index is 1.66. The highest BCUT2D eigenvalue weighted by atomic mass is 16.5. The molecule has 182 valence electrons. The quantitative estimate of drug-likeness (QED) is 0.445. The molecule has 3 rings (SSSR count). The summed E-state index contributed by atoms with van der Waals surface area (Å²) < 4.78 is 5.59. The van der Waals surface area contributed by atoms with E-state index in [1.165, 1.54) is 0 Å². The van der Waals surface area contributed by atoms with Crippen molar-refractivity contribution in [2.45, 2.75) is 64.5 Å². The number of rotatable bonds is 11. The van der Waals surface area contributed by atoms with Crippen molar-refractivity contribution in [1.29, 1.82) is 0 Å². The van der Waals surface area contributed by atoms with Gasteiger partial charge in [-0.1, -0.05) is 88.6 Å². The Labute approximate surface area is 200 Å². The summed E-state index contributed by atoms with van der Waals surface area (Å²) in [6.07, 6.45) is 1.80. The van der Waals surface area contributed by atoms with Gasteiger partial charge in [0.25, 0.3) is 0 Å². The molecule has 2 amide bonds. The number of carbonyl (C=O) groups excluding carboxylic acids is 2. The average molecular weight is 467 g/mol. The van der Waals surface area contributed by atoms with Gasteiger partial charge in [0.05, 0.1) is 0 Å². The van der Waals surface area contributed by atoms with Gasteiger partial charge in [0.15, 0.2) is 0 Å². The van der Waals surface area contributed by atoms with Crippen LogP contribution >= 0.6 is 0 Å². The summed E-state index contributed by atoms with van der Waals surface area (Å²) in [7, 11) is 0. The predicted octanol–water partition coefficient (Wildman–Crippen LogP) is 4.70. The lowest BCUT2D eigenvalue weighted by Crippen LogP contribution is -2.54. The molecule has 34 heavy (non-hydrogen) atoms. The van der Waals surface area contributed by atoms with Crippen molar-refractivity contribution in [3.63, 3.8) is 0 Å². The molecule has 0 aromatic heterocycles. The van der Waals surface area contributed by atoms with Crippen molar-refractivity contribution in [1.82, 2.24) is 10.6 Å². The summed E-state index contributed by atoms with van der Waals surface area (Å²) in [4.78, 5) is 37.2. The number of carbonyl (C=O) groups is 3. The Morgan fingerprint density at radius 2 is 1.56 bits per heavy atom. The molecule has 2 aromatic carbocycles. The molecule has 0 saturated carbocycles. The fourth-order valence-electron chi connectivity index (χ4n) is 4.40. The van der Waals surface area contributed by atoms with Crippen LogP contribution in [0.25, 0.3) is 11.1 Å². The number of ether oxygens (including phenoxy) is 1. The van der Waals surface area contributed by atoms with Gasteiger partial charge in [0, 0.05) is 5.92 Å². The van der Waals surface area contributed by atoms with E-state index in [9.17, 15) is 19.5 Å². The molecule has 2 unspecified atom stereocenters. The van der Waals surface area contributed by atoms with Crippen LogP contribution in [0.4, 0.5) is 4.79 Å². The number of benzene rings is 2. The first-order valence-electron chi connectivity index (χ1n) is 12.0. The van der Waals surface area contributed by atoms with E-state index < -0.39 is 30.1 Å². The summed E-state index contributed by atoms with van der Waals surface area (Å²) in [5, 5.41) is 14.7. The summed E-state index contributed by atoms with van der Waals surface area (Å²) in [6, 6.07) is 14.3. The third-order valence-corrected chi connectivity index (χ3v) is 6.57. The fraction of sp³-hybridized carbons (Fsp3) is 0.444. The van der Waals surface area contributed by atoms with Crippen LogP contribution in [-0.4, -0.2) is 41.8 Å². The van der Waals surface area contributed by atoms with E-state index in [0.29, 0.717) is 19.3 Å². The molecule has 0 radical (unpaired) electrons. The van der Waals surface area contributed by atoms with E-state index >= 15 is 0 Å². The average Bonchev–Trinajstić information content (AvgIpc) is 3.16. The number of hydrogen-bond donors (Lipinski definition) is 3. The van der Waals surface area contributed by atoms with E-state index in [0.717, 1.165) is 28.7 Å². The van der Waals surface area contributed by atoms with E-state index in [1.54, 1.807) is 0 Å². The van der Waals surface area contributed by atoms with Crippen molar-refractivity contribution in [2.24, 2.45) is 5.92 Å². The van der Waals surface area contributed by atoms with Gasteiger partial charge in [-0.05, 0) is 34.6 Å². The summed E-state index contributed by atoms with van der Waals surface area (Å²) >= 11 is 0. The SMILES string of the molecule is CCCCC(NC(=O)[C@@H](NC(=O)OCC1c2ccccc2-c2ccccc21)C(C)CC)C(=O)O. The molecule has 3 atom stereocenters. The molecule has 0 saturated heterocycles. The maximum atomic E-state index is 12.9. The number of alkyl carbamates (subject to hydrolysis) is 1. The standard InChI is InChI=1S/C27H34N2O5/c1-4-6-15-23(26(31)32)28-25(30)24(17(3)5-2)29-27(33)34-16-22-20-13-9-7-11-18(20)19-12-8-10-14-21(19)22/h7-14,17,22-24H,4-6,15-16H2,1-3H3,(H,28,30)(H,29,33)(H,31,32)/t17?,23?,24-/m0/s1. The highest BCUT2D eigenvalue weighted by Crippen LogP contribution is 2.44. The molecule has 3 N–H and O–H groups in total. The van der Waals surface area contributed by atoms with Crippen LogP contribution in [0.1, 0.15) is 63.5 Å². The first kappa shape index (κ1) is 25.3. The number of carboxylic acids is 1. The molecule has 1 aliphatic carbocycles. The minimum Gasteiger partial charge on any atom is -0.480 e. The van der Waals surface area contributed by atoms with Crippen LogP contribution in [-0.2, 0) is 14.3 Å². The number of amides is 2. The number of nitrogens with one attached hydrogen (secondary N) is 2. The molecule has 7 nitrogen and oxygen atoms in total. The molecule has 7 heteroatoms. The van der Waals surface area contributed by atoms with Gasteiger partial charge >= 0.3 is 12.1 Å². The van der Waals surface area contributed by atoms with Gasteiger partial charge in [-0.3, -0.25) is 4.79 Å². The van der Waals surface area contributed by atoms with Crippen LogP contribution in [0, 0.1) is 5.92 Å². The van der Waals surface area contributed by atoms with Crippen molar-refractivity contribution >= 4 is 18.0 Å². The Morgan fingerprint density at radius 1 is 0.971 bits per heavy atom. The van der Waals surface area contributed by atoms with Gasteiger partial charge in [-0.15, -0.1) is 0 Å². The van der Waals surface area contributed by atoms with Crippen LogP contribution < -0.4 is 10.6 Å². The second-order valence-electron chi connectivity index (χ2n) is 8.87. The number of aliphatic carboxylic acids is 1. The molecule has 0 heterocycles. The summed E-state index contributed by atoms with van der Waals surface area (Å²) in [6.45, 7) is 5.86. The zero-order chi connectivity index (χ0) is 24.7. The van der Waals surface area contributed by atoms with E-state index in [2.05, 4.69) is 22.8 Å². The van der Waals surface area contributed by atoms with Gasteiger partial charge in [0.1, 0.15) is 18.7 Å². The zero-order valence-electron chi connectivity index (χ0n) is 20.0. The van der Waals surface area contributed by atoms with Gasteiger partial charge in [-0.2, -0.15) is 0 Å². The second-order valence-corrected chi connectivity index (χ2v) is 8.87. The molecular weight excluding hydrogens is 432 g/mol. The Kier molecular flexibility index (Phi) is 8.68. The Hall–Kier alpha value is -3.35. The number of fused-ring (bicyclic) bond motifs is 3. The lowest BCUT2D eigenvalue weighted by molar-refractivity contribution is -0.142. The predicted molar refractivity (Wildman–Crippen MR) is 131 cm³/mol. The molecule has 0 aliphatic heterocycles. The fourth-order valence-corrected chi connectivity index (χ4v) is 4.40. The molecular formula is C27H34N2O5. The van der Waals surface area contributed by atoms with E-state index in [-0.39, 0.29) is 18.4 Å². The third kappa shape index (κ3) is 5.76. The first-order valence-corrected chi connectivity index (χ1v) is 12.0. The molecule has 0 fully saturated rings. The van der Waals surface area contributed by atoms with Crippen LogP contribution in [0.3, 0.4) is 0 Å². The number of hydrogen-bond acceptors (Lipinski definition) is 4. The Bertz CT molecular complexity index is 976. The van der Waals surface area contributed by atoms with E-state index in [1.807, 2.05) is 57.2 Å². The largest absolute Gasteiger partial charge is 0.480 e. The van der Waals surface area contributed by atoms with E-state index in [4.69, 9.17) is 4.74 Å². The van der Waals surface area contributed by atoms with Crippen molar-refractivity contribution in [3.05, 3.63) is 59.7 Å². The monoisotopic (exact) mass is 466 g/mol. The van der Waals surface area contributed by atoms with Crippen molar-refractivity contribution < 1.29 is 24.2 Å². The zero-order valence-corrected chi connectivity index (χ0v) is 20.0. The first-order chi connectivity index (χ1) is 16.4. The van der Waals surface area contributed by atoms with Crippen molar-refractivity contribution in [2.75, 3.05) is 6.61 Å². The maximum Gasteiger partial charge on any atom is 0.407 e. The molecule has 0 spiro atoms. The van der Waals surface area contributed by atoms with Crippen LogP contribution in [0.5, 0.6) is 0 Å². The summed E-state index contributed by atoms with van der Waals surface area (Å²) in [5.41, 5.74) is 4.48. The Morgan fingerprint density at radius 3 is 2.09 bits per heavy atom. The minimum absolute atomic E-state index is 0.0838. The van der Waals surface area contributed by atoms with Crippen LogP contribution in [0.15, 0.2) is 48.5 Å². The van der Waals surface area contributed by atoms with Gasteiger partial charge in [0.2, 0.25) is 5.91 Å². The minimum atomic E-state index is -1.08. The van der Waals surface area contributed by atoms with Crippen LogP contribution in [0.2, 0.25) is 0 Å². The lowest BCUT2D eigenvalue weighted by atomic mass is 9.97. The third-order valence-electron chi connectivity index (χ3n) is 6.57. The molecule has 0 bridgehead atoms. The smallest absolute Gasteiger partial charge is 0.407 e. The van der Waals surface area contributed by atoms with Crippen molar-refractivity contribution in [3.8, 4) is 11.1 Å². The van der Waals surface area contributed by atoms with Gasteiger partial charge in [-0.25, -0.2) is 9.59 Å². The van der Waals surface area contributed by atoms with Gasteiger partial charge < -0.3 is 20.5 Å².